The maximum Gasteiger partial charge on any atom is 0.321 e. The number of carboxylic acid groups (broad SMARTS) is 1. The van der Waals surface area contributed by atoms with Crippen LogP contribution in [0.5, 0.6) is 0 Å². The van der Waals surface area contributed by atoms with Gasteiger partial charge in [0.05, 0.1) is 11.3 Å². The van der Waals surface area contributed by atoms with Gasteiger partial charge in [-0.2, -0.15) is 0 Å². The molecule has 2 amide bonds. The summed E-state index contributed by atoms with van der Waals surface area (Å²) in [5.41, 5.74) is 0.343. The van der Waals surface area contributed by atoms with E-state index in [0.717, 1.165) is 0 Å². The first kappa shape index (κ1) is 15.4. The lowest BCUT2D eigenvalue weighted by Crippen LogP contribution is -2.36. The van der Waals surface area contributed by atoms with Gasteiger partial charge in [0.2, 0.25) is 0 Å². The fraction of sp³-hybridized carbons (Fsp3) is 0.333. The Hall–Kier alpha value is -2.64. The first-order valence-electron chi connectivity index (χ1n) is 5.96. The Morgan fingerprint density at radius 1 is 1.35 bits per heavy atom. The molecule has 0 aromatic heterocycles. The van der Waals surface area contributed by atoms with Gasteiger partial charge in [-0.3, -0.25) is 14.9 Å². The topological polar surface area (TPSA) is 113 Å². The number of nitrogens with zero attached hydrogens (tertiary/aromatic N) is 2. The second kappa shape index (κ2) is 7.07. The summed E-state index contributed by atoms with van der Waals surface area (Å²) < 4.78 is 0. The van der Waals surface area contributed by atoms with E-state index in [0.29, 0.717) is 12.2 Å². The summed E-state index contributed by atoms with van der Waals surface area (Å²) in [6.45, 7) is 2.20. The number of nitro benzene ring substituents is 1. The summed E-state index contributed by atoms with van der Waals surface area (Å²) in [4.78, 5) is 33.6. The highest BCUT2D eigenvalue weighted by molar-refractivity contribution is 5.89. The highest BCUT2D eigenvalue weighted by atomic mass is 16.6. The Labute approximate surface area is 115 Å². The van der Waals surface area contributed by atoms with E-state index in [1.54, 1.807) is 6.92 Å². The lowest BCUT2D eigenvalue weighted by Gasteiger charge is -2.20. The van der Waals surface area contributed by atoms with E-state index in [2.05, 4.69) is 5.32 Å². The van der Waals surface area contributed by atoms with Crippen LogP contribution in [0.1, 0.15) is 13.3 Å². The van der Waals surface area contributed by atoms with E-state index in [-0.39, 0.29) is 18.7 Å². The fourth-order valence-corrected chi connectivity index (χ4v) is 1.50. The van der Waals surface area contributed by atoms with E-state index in [1.165, 1.54) is 29.2 Å². The van der Waals surface area contributed by atoms with Crippen LogP contribution in [-0.4, -0.2) is 40.0 Å². The lowest BCUT2D eigenvalue weighted by atomic mass is 10.3. The third kappa shape index (κ3) is 4.56. The lowest BCUT2D eigenvalue weighted by molar-refractivity contribution is -0.384. The maximum absolute atomic E-state index is 11.9. The quantitative estimate of drug-likeness (QED) is 0.611. The van der Waals surface area contributed by atoms with Crippen LogP contribution in [0.2, 0.25) is 0 Å². The van der Waals surface area contributed by atoms with Crippen LogP contribution in [-0.2, 0) is 4.79 Å². The first-order chi connectivity index (χ1) is 9.43. The van der Waals surface area contributed by atoms with Gasteiger partial charge in [0.1, 0.15) is 0 Å². The van der Waals surface area contributed by atoms with E-state index in [1.807, 2.05) is 0 Å². The van der Waals surface area contributed by atoms with Gasteiger partial charge in [-0.25, -0.2) is 4.79 Å². The minimum absolute atomic E-state index is 0.0683. The van der Waals surface area contributed by atoms with Crippen molar-refractivity contribution in [3.05, 3.63) is 34.4 Å². The average molecular weight is 281 g/mol. The number of hydrogen-bond acceptors (Lipinski definition) is 4. The van der Waals surface area contributed by atoms with Crippen molar-refractivity contribution in [2.75, 3.05) is 18.4 Å². The predicted molar refractivity (Wildman–Crippen MR) is 71.6 cm³/mol. The van der Waals surface area contributed by atoms with Crippen LogP contribution in [0, 0.1) is 10.1 Å². The summed E-state index contributed by atoms with van der Waals surface area (Å²) in [5, 5.41) is 21.6. The molecule has 0 heterocycles. The zero-order chi connectivity index (χ0) is 15.1. The van der Waals surface area contributed by atoms with Crippen molar-refractivity contribution in [2.45, 2.75) is 13.3 Å². The van der Waals surface area contributed by atoms with Gasteiger partial charge in [-0.05, 0) is 19.1 Å². The third-order valence-corrected chi connectivity index (χ3v) is 2.59. The number of anilines is 1. The number of nitro groups is 1. The third-order valence-electron chi connectivity index (χ3n) is 2.59. The van der Waals surface area contributed by atoms with Crippen molar-refractivity contribution in [1.82, 2.24) is 4.90 Å². The molecule has 1 aromatic carbocycles. The minimum atomic E-state index is -0.980. The molecule has 0 spiro atoms. The molecule has 0 saturated heterocycles. The van der Waals surface area contributed by atoms with E-state index >= 15 is 0 Å². The zero-order valence-corrected chi connectivity index (χ0v) is 10.9. The molecule has 0 bridgehead atoms. The first-order valence-corrected chi connectivity index (χ1v) is 5.96. The standard InChI is InChI=1S/C12H15N3O5/c1-2-14(8-7-11(16)17)12(18)13-9-3-5-10(6-4-9)15(19)20/h3-6H,2,7-8H2,1H3,(H,13,18)(H,16,17). The maximum atomic E-state index is 11.9. The zero-order valence-electron chi connectivity index (χ0n) is 10.9. The highest BCUT2D eigenvalue weighted by Gasteiger charge is 2.13. The molecular formula is C12H15N3O5. The smallest absolute Gasteiger partial charge is 0.321 e. The minimum Gasteiger partial charge on any atom is -0.481 e. The number of non-ortho nitro benzene ring substituents is 1. The number of amides is 2. The Bertz CT molecular complexity index is 500. The number of carbonyl (C=O) groups is 2. The monoisotopic (exact) mass is 281 g/mol. The predicted octanol–water partition coefficient (Wildman–Crippen LogP) is 1.92. The van der Waals surface area contributed by atoms with Gasteiger partial charge in [-0.15, -0.1) is 0 Å². The highest BCUT2D eigenvalue weighted by Crippen LogP contribution is 2.15. The number of hydrogen-bond donors (Lipinski definition) is 2. The number of carboxylic acids is 1. The molecule has 0 unspecified atom stereocenters. The summed E-state index contributed by atoms with van der Waals surface area (Å²) in [6.07, 6.45) is -0.137. The van der Waals surface area contributed by atoms with Gasteiger partial charge in [-0.1, -0.05) is 0 Å². The van der Waals surface area contributed by atoms with Crippen molar-refractivity contribution < 1.29 is 19.6 Å². The van der Waals surface area contributed by atoms with Gasteiger partial charge in [0.15, 0.2) is 0 Å². The van der Waals surface area contributed by atoms with Crippen LogP contribution >= 0.6 is 0 Å². The van der Waals surface area contributed by atoms with E-state index < -0.39 is 16.9 Å². The molecule has 0 saturated carbocycles. The van der Waals surface area contributed by atoms with Crippen molar-refractivity contribution in [3.63, 3.8) is 0 Å². The number of aliphatic carboxylic acids is 1. The molecule has 0 radical (unpaired) electrons. The summed E-state index contributed by atoms with van der Waals surface area (Å²) in [7, 11) is 0. The molecule has 0 aliphatic carbocycles. The summed E-state index contributed by atoms with van der Waals surface area (Å²) in [6, 6.07) is 4.96. The van der Waals surface area contributed by atoms with E-state index in [9.17, 15) is 19.7 Å². The second-order valence-corrected chi connectivity index (χ2v) is 3.96. The summed E-state index contributed by atoms with van der Waals surface area (Å²) in [5.74, 6) is -0.980. The molecule has 0 atom stereocenters. The Balaban J connectivity index is 2.63. The van der Waals surface area contributed by atoms with Crippen molar-refractivity contribution in [3.8, 4) is 0 Å². The van der Waals surface area contributed by atoms with Crippen LogP contribution in [0.25, 0.3) is 0 Å². The largest absolute Gasteiger partial charge is 0.481 e. The van der Waals surface area contributed by atoms with Crippen LogP contribution in [0.15, 0.2) is 24.3 Å². The number of nitrogens with one attached hydrogen (secondary N) is 1. The number of carbonyl (C=O) groups excluding carboxylic acids is 1. The molecule has 2 N–H and O–H groups in total. The van der Waals surface area contributed by atoms with Crippen LogP contribution < -0.4 is 5.32 Å². The fourth-order valence-electron chi connectivity index (χ4n) is 1.50. The number of benzene rings is 1. The molecule has 1 rings (SSSR count). The van der Waals surface area contributed by atoms with Crippen molar-refractivity contribution in [2.24, 2.45) is 0 Å². The van der Waals surface area contributed by atoms with Gasteiger partial charge >= 0.3 is 12.0 Å². The molecule has 8 heteroatoms. The van der Waals surface area contributed by atoms with Gasteiger partial charge < -0.3 is 15.3 Å². The second-order valence-electron chi connectivity index (χ2n) is 3.96. The SMILES string of the molecule is CCN(CCC(=O)O)C(=O)Nc1ccc([N+](=O)[O-])cc1. The Morgan fingerprint density at radius 3 is 2.40 bits per heavy atom. The average Bonchev–Trinajstić information content (AvgIpc) is 2.39. The van der Waals surface area contributed by atoms with Gasteiger partial charge in [0.25, 0.3) is 5.69 Å². The Morgan fingerprint density at radius 2 is 1.95 bits per heavy atom. The molecule has 0 aliphatic rings. The molecular weight excluding hydrogens is 266 g/mol. The molecule has 20 heavy (non-hydrogen) atoms. The van der Waals surface area contributed by atoms with Gasteiger partial charge in [0, 0.05) is 30.9 Å². The molecule has 108 valence electrons. The summed E-state index contributed by atoms with van der Waals surface area (Å²) >= 11 is 0. The van der Waals surface area contributed by atoms with Crippen LogP contribution in [0.3, 0.4) is 0 Å². The van der Waals surface area contributed by atoms with Crippen molar-refractivity contribution >= 4 is 23.4 Å². The normalized spacial score (nSPS) is 9.85. The van der Waals surface area contributed by atoms with Crippen molar-refractivity contribution in [1.29, 1.82) is 0 Å². The number of urea groups is 1. The molecule has 0 fully saturated rings. The molecule has 8 nitrogen and oxygen atoms in total. The van der Waals surface area contributed by atoms with E-state index in [4.69, 9.17) is 5.11 Å². The number of rotatable bonds is 6. The molecule has 1 aromatic rings. The molecule has 0 aliphatic heterocycles. The Kier molecular flexibility index (Phi) is 5.45. The van der Waals surface area contributed by atoms with Crippen LogP contribution in [0.4, 0.5) is 16.2 Å².